The van der Waals surface area contributed by atoms with Gasteiger partial charge in [-0.15, -0.1) is 10.2 Å². The number of rotatable bonds is 8. The Bertz CT molecular complexity index is 888. The van der Waals surface area contributed by atoms with Crippen LogP contribution in [0.25, 0.3) is 10.9 Å². The van der Waals surface area contributed by atoms with Crippen LogP contribution in [0.5, 0.6) is 0 Å². The Morgan fingerprint density at radius 1 is 1.24 bits per heavy atom. The van der Waals surface area contributed by atoms with E-state index < -0.39 is 0 Å². The normalized spacial score (nSPS) is 12.6. The molecule has 25 heavy (non-hydrogen) atoms. The van der Waals surface area contributed by atoms with Crippen LogP contribution in [-0.4, -0.2) is 44.1 Å². The molecule has 2 heterocycles. The Hall–Kier alpha value is -2.58. The number of para-hydroxylation sites is 1. The fraction of sp³-hybridized carbons (Fsp3) is 0.412. The van der Waals surface area contributed by atoms with Gasteiger partial charge in [0.2, 0.25) is 0 Å². The summed E-state index contributed by atoms with van der Waals surface area (Å²) in [7, 11) is 1.67. The van der Waals surface area contributed by atoms with Gasteiger partial charge in [-0.2, -0.15) is 0 Å². The zero-order valence-electron chi connectivity index (χ0n) is 14.4. The maximum Gasteiger partial charge on any atom is 0.261 e. The van der Waals surface area contributed by atoms with E-state index in [2.05, 4.69) is 20.5 Å². The van der Waals surface area contributed by atoms with E-state index in [1.54, 1.807) is 30.4 Å². The highest BCUT2D eigenvalue weighted by Gasteiger charge is 2.10. The predicted molar refractivity (Wildman–Crippen MR) is 94.2 cm³/mol. The number of nitrogens with one attached hydrogen (secondary N) is 1. The second-order valence-electron chi connectivity index (χ2n) is 5.93. The van der Waals surface area contributed by atoms with Crippen molar-refractivity contribution >= 4 is 10.9 Å². The molecule has 0 aliphatic heterocycles. The van der Waals surface area contributed by atoms with Crippen LogP contribution >= 0.6 is 0 Å². The van der Waals surface area contributed by atoms with Gasteiger partial charge in [0.1, 0.15) is 12.2 Å². The molecule has 3 rings (SSSR count). The molecule has 0 saturated carbocycles. The van der Waals surface area contributed by atoms with E-state index in [1.807, 2.05) is 29.7 Å². The molecule has 0 spiro atoms. The van der Waals surface area contributed by atoms with Gasteiger partial charge >= 0.3 is 0 Å². The Morgan fingerprint density at radius 3 is 2.92 bits per heavy atom. The molecule has 8 nitrogen and oxygen atoms in total. The molecule has 0 aliphatic carbocycles. The van der Waals surface area contributed by atoms with Crippen LogP contribution in [0, 0.1) is 0 Å². The molecule has 0 aliphatic rings. The lowest BCUT2D eigenvalue weighted by atomic mass is 10.2. The fourth-order valence-corrected chi connectivity index (χ4v) is 2.65. The summed E-state index contributed by atoms with van der Waals surface area (Å²) in [6.07, 6.45) is 3.29. The van der Waals surface area contributed by atoms with Crippen molar-refractivity contribution in [2.24, 2.45) is 0 Å². The molecule has 0 fully saturated rings. The molecule has 0 saturated heterocycles. The molecule has 1 aromatic carbocycles. The van der Waals surface area contributed by atoms with E-state index in [4.69, 9.17) is 4.74 Å². The average Bonchev–Trinajstić information content (AvgIpc) is 3.08. The maximum atomic E-state index is 12.5. The highest BCUT2D eigenvalue weighted by molar-refractivity contribution is 5.76. The summed E-state index contributed by atoms with van der Waals surface area (Å²) in [4.78, 5) is 16.9. The van der Waals surface area contributed by atoms with E-state index in [9.17, 15) is 4.79 Å². The molecule has 1 atom stereocenters. The summed E-state index contributed by atoms with van der Waals surface area (Å²) in [5, 5.41) is 12.1. The molecule has 2 aromatic heterocycles. The van der Waals surface area contributed by atoms with Crippen molar-refractivity contribution in [2.45, 2.75) is 32.6 Å². The zero-order chi connectivity index (χ0) is 17.6. The number of aromatic nitrogens is 5. The fourth-order valence-electron chi connectivity index (χ4n) is 2.65. The molecule has 1 N–H and O–H groups in total. The summed E-state index contributed by atoms with van der Waals surface area (Å²) in [6.45, 7) is 4.45. The molecule has 0 unspecified atom stereocenters. The summed E-state index contributed by atoms with van der Waals surface area (Å²) >= 11 is 0. The quantitative estimate of drug-likeness (QED) is 0.652. The second-order valence-corrected chi connectivity index (χ2v) is 5.93. The number of methoxy groups -OCH3 is 1. The highest BCUT2D eigenvalue weighted by atomic mass is 16.5. The van der Waals surface area contributed by atoms with Gasteiger partial charge in [-0.25, -0.2) is 4.98 Å². The monoisotopic (exact) mass is 342 g/mol. The minimum Gasteiger partial charge on any atom is -0.383 e. The lowest BCUT2D eigenvalue weighted by Gasteiger charge is -2.15. The predicted octanol–water partition coefficient (Wildman–Crippen LogP) is 0.813. The summed E-state index contributed by atoms with van der Waals surface area (Å²) in [6, 6.07) is 7.45. The Morgan fingerprint density at radius 2 is 2.08 bits per heavy atom. The molecule has 0 amide bonds. The Labute approximate surface area is 145 Å². The van der Waals surface area contributed by atoms with Gasteiger partial charge in [0.25, 0.3) is 5.56 Å². The SMILES string of the molecule is COCCn1cnnc1CN[C@H](C)Cn1cnc2ccccc2c1=O. The topological polar surface area (TPSA) is 86.9 Å². The number of hydrogen-bond acceptors (Lipinski definition) is 6. The third-order valence-electron chi connectivity index (χ3n) is 4.04. The summed E-state index contributed by atoms with van der Waals surface area (Å²) in [5.74, 6) is 0.841. The third-order valence-corrected chi connectivity index (χ3v) is 4.04. The number of fused-ring (bicyclic) bond motifs is 1. The second kappa shape index (κ2) is 8.00. The molecule has 3 aromatic rings. The molecule has 8 heteroatoms. The van der Waals surface area contributed by atoms with Crippen molar-refractivity contribution in [3.8, 4) is 0 Å². The molecule has 0 bridgehead atoms. The Balaban J connectivity index is 1.63. The first kappa shape index (κ1) is 17.2. The highest BCUT2D eigenvalue weighted by Crippen LogP contribution is 2.05. The first-order valence-corrected chi connectivity index (χ1v) is 8.22. The largest absolute Gasteiger partial charge is 0.383 e. The number of benzene rings is 1. The third kappa shape index (κ3) is 4.09. The Kier molecular flexibility index (Phi) is 5.52. The summed E-state index contributed by atoms with van der Waals surface area (Å²) in [5.41, 5.74) is 0.693. The van der Waals surface area contributed by atoms with Crippen LogP contribution in [0.15, 0.2) is 41.7 Å². The summed E-state index contributed by atoms with van der Waals surface area (Å²) < 4.78 is 8.67. The average molecular weight is 342 g/mol. The van der Waals surface area contributed by atoms with E-state index in [-0.39, 0.29) is 11.6 Å². The number of ether oxygens (including phenoxy) is 1. The van der Waals surface area contributed by atoms with Crippen LogP contribution in [0.2, 0.25) is 0 Å². The van der Waals surface area contributed by atoms with Crippen LogP contribution in [0.3, 0.4) is 0 Å². The number of hydrogen-bond donors (Lipinski definition) is 1. The van der Waals surface area contributed by atoms with Crippen LogP contribution < -0.4 is 10.9 Å². The number of nitrogens with zero attached hydrogens (tertiary/aromatic N) is 5. The lowest BCUT2D eigenvalue weighted by molar-refractivity contribution is 0.186. The van der Waals surface area contributed by atoms with Crippen LogP contribution in [0.4, 0.5) is 0 Å². The minimum absolute atomic E-state index is 0.0255. The molecule has 0 radical (unpaired) electrons. The standard InChI is InChI=1S/C17H22N6O2/c1-13(18-9-16-21-20-12-22(16)7-8-25-2)10-23-11-19-15-6-4-3-5-14(15)17(23)24/h3-6,11-13,18H,7-10H2,1-2H3/t13-/m1/s1. The first-order chi connectivity index (χ1) is 12.2. The van der Waals surface area contributed by atoms with Crippen LogP contribution in [0.1, 0.15) is 12.7 Å². The van der Waals surface area contributed by atoms with Crippen molar-refractivity contribution < 1.29 is 4.74 Å². The van der Waals surface area contributed by atoms with E-state index in [0.717, 1.165) is 11.3 Å². The van der Waals surface area contributed by atoms with Crippen molar-refractivity contribution in [3.05, 3.63) is 53.1 Å². The van der Waals surface area contributed by atoms with Crippen molar-refractivity contribution in [1.82, 2.24) is 29.6 Å². The minimum atomic E-state index is -0.0255. The smallest absolute Gasteiger partial charge is 0.261 e. The van der Waals surface area contributed by atoms with Crippen molar-refractivity contribution in [2.75, 3.05) is 13.7 Å². The zero-order valence-corrected chi connectivity index (χ0v) is 14.4. The van der Waals surface area contributed by atoms with Gasteiger partial charge in [-0.1, -0.05) is 12.1 Å². The van der Waals surface area contributed by atoms with Crippen molar-refractivity contribution in [3.63, 3.8) is 0 Å². The van der Waals surface area contributed by atoms with Gasteiger partial charge in [0, 0.05) is 26.2 Å². The molecular weight excluding hydrogens is 320 g/mol. The molecular formula is C17H22N6O2. The van der Waals surface area contributed by atoms with Gasteiger partial charge < -0.3 is 14.6 Å². The van der Waals surface area contributed by atoms with E-state index in [0.29, 0.717) is 31.6 Å². The molecule has 132 valence electrons. The first-order valence-electron chi connectivity index (χ1n) is 8.22. The van der Waals surface area contributed by atoms with Gasteiger partial charge in [0.15, 0.2) is 0 Å². The van der Waals surface area contributed by atoms with Crippen LogP contribution in [-0.2, 0) is 24.4 Å². The maximum absolute atomic E-state index is 12.5. The van der Waals surface area contributed by atoms with E-state index >= 15 is 0 Å². The van der Waals surface area contributed by atoms with Gasteiger partial charge in [-0.05, 0) is 19.1 Å². The van der Waals surface area contributed by atoms with Crippen molar-refractivity contribution in [1.29, 1.82) is 0 Å². The van der Waals surface area contributed by atoms with E-state index in [1.165, 1.54) is 0 Å². The van der Waals surface area contributed by atoms with Gasteiger partial charge in [0.05, 0.1) is 30.4 Å². The van der Waals surface area contributed by atoms with Gasteiger partial charge in [-0.3, -0.25) is 9.36 Å². The lowest BCUT2D eigenvalue weighted by Crippen LogP contribution is -2.35.